The lowest BCUT2D eigenvalue weighted by Gasteiger charge is -2.19. The van der Waals surface area contributed by atoms with Gasteiger partial charge in [-0.3, -0.25) is 0 Å². The molecular formula is C16H24ClNO. The van der Waals surface area contributed by atoms with Gasteiger partial charge in [0.25, 0.3) is 0 Å². The van der Waals surface area contributed by atoms with E-state index in [0.29, 0.717) is 12.0 Å². The van der Waals surface area contributed by atoms with E-state index in [1.165, 1.54) is 18.4 Å². The largest absolute Gasteiger partial charge is 0.379 e. The quantitative estimate of drug-likeness (QED) is 0.778. The minimum Gasteiger partial charge on any atom is -0.379 e. The number of ether oxygens (including phenoxy) is 1. The molecule has 1 N–H and O–H groups in total. The van der Waals surface area contributed by atoms with Crippen molar-refractivity contribution in [3.8, 4) is 0 Å². The first-order valence-corrected chi connectivity index (χ1v) is 7.63. The van der Waals surface area contributed by atoms with Gasteiger partial charge in [-0.1, -0.05) is 23.7 Å². The van der Waals surface area contributed by atoms with E-state index in [2.05, 4.69) is 31.3 Å². The Morgan fingerprint density at radius 3 is 2.53 bits per heavy atom. The summed E-state index contributed by atoms with van der Waals surface area (Å²) < 4.78 is 5.69. The van der Waals surface area contributed by atoms with Crippen LogP contribution >= 0.6 is 11.6 Å². The molecule has 0 saturated heterocycles. The van der Waals surface area contributed by atoms with E-state index in [1.54, 1.807) is 0 Å². The summed E-state index contributed by atoms with van der Waals surface area (Å²) >= 11 is 5.96. The SMILES string of the molecule is CC(C)OCCC(CNC1CC1)c1ccc(Cl)cc1. The van der Waals surface area contributed by atoms with E-state index < -0.39 is 0 Å². The van der Waals surface area contributed by atoms with Crippen LogP contribution in [-0.4, -0.2) is 25.3 Å². The predicted octanol–water partition coefficient (Wildman–Crippen LogP) is 3.99. The van der Waals surface area contributed by atoms with Crippen LogP contribution in [0.4, 0.5) is 0 Å². The molecule has 1 unspecified atom stereocenters. The fraction of sp³-hybridized carbons (Fsp3) is 0.625. The van der Waals surface area contributed by atoms with E-state index in [4.69, 9.17) is 16.3 Å². The van der Waals surface area contributed by atoms with Gasteiger partial charge in [0, 0.05) is 24.2 Å². The zero-order chi connectivity index (χ0) is 13.7. The summed E-state index contributed by atoms with van der Waals surface area (Å²) in [5, 5.41) is 4.42. The van der Waals surface area contributed by atoms with Crippen LogP contribution in [0, 0.1) is 0 Å². The van der Waals surface area contributed by atoms with Crippen LogP contribution in [0.3, 0.4) is 0 Å². The fourth-order valence-electron chi connectivity index (χ4n) is 2.16. The molecule has 0 heterocycles. The van der Waals surface area contributed by atoms with Gasteiger partial charge in [-0.15, -0.1) is 0 Å². The Morgan fingerprint density at radius 2 is 1.95 bits per heavy atom. The van der Waals surface area contributed by atoms with Crippen molar-refractivity contribution >= 4 is 11.6 Å². The molecule has 106 valence electrons. The molecule has 2 rings (SSSR count). The highest BCUT2D eigenvalue weighted by Gasteiger charge is 2.22. The molecule has 0 spiro atoms. The first kappa shape index (κ1) is 14.8. The lowest BCUT2D eigenvalue weighted by molar-refractivity contribution is 0.0732. The molecule has 0 aromatic heterocycles. The van der Waals surface area contributed by atoms with Crippen LogP contribution in [0.5, 0.6) is 0 Å². The lowest BCUT2D eigenvalue weighted by atomic mass is 9.96. The highest BCUT2D eigenvalue weighted by molar-refractivity contribution is 6.30. The van der Waals surface area contributed by atoms with E-state index >= 15 is 0 Å². The molecule has 0 radical (unpaired) electrons. The van der Waals surface area contributed by atoms with Gasteiger partial charge in [0.15, 0.2) is 0 Å². The summed E-state index contributed by atoms with van der Waals surface area (Å²) in [6, 6.07) is 8.98. The molecule has 19 heavy (non-hydrogen) atoms. The maximum absolute atomic E-state index is 5.96. The van der Waals surface area contributed by atoms with Crippen LogP contribution in [-0.2, 0) is 4.74 Å². The minimum absolute atomic E-state index is 0.308. The second-order valence-corrected chi connectivity index (χ2v) is 6.08. The number of hydrogen-bond acceptors (Lipinski definition) is 2. The monoisotopic (exact) mass is 281 g/mol. The molecule has 1 aliphatic rings. The summed E-state index contributed by atoms with van der Waals surface area (Å²) in [7, 11) is 0. The normalized spacial score (nSPS) is 16.8. The predicted molar refractivity (Wildman–Crippen MR) is 80.9 cm³/mol. The molecule has 1 aromatic carbocycles. The fourth-order valence-corrected chi connectivity index (χ4v) is 2.29. The van der Waals surface area contributed by atoms with Gasteiger partial charge >= 0.3 is 0 Å². The number of halogens is 1. The van der Waals surface area contributed by atoms with Crippen molar-refractivity contribution in [3.63, 3.8) is 0 Å². The summed E-state index contributed by atoms with van der Waals surface area (Å²) in [6.45, 7) is 6.02. The Bertz CT molecular complexity index is 373. The molecule has 0 aliphatic heterocycles. The Hall–Kier alpha value is -0.570. The maximum atomic E-state index is 5.96. The lowest BCUT2D eigenvalue weighted by Crippen LogP contribution is -2.24. The average molecular weight is 282 g/mol. The van der Waals surface area contributed by atoms with Crippen LogP contribution in [0.15, 0.2) is 24.3 Å². The summed E-state index contributed by atoms with van der Waals surface area (Å²) in [6.07, 6.45) is 4.02. The van der Waals surface area contributed by atoms with Gasteiger partial charge in [0.1, 0.15) is 0 Å². The van der Waals surface area contributed by atoms with Crippen molar-refractivity contribution in [2.75, 3.05) is 13.2 Å². The molecule has 1 aliphatic carbocycles. The smallest absolute Gasteiger partial charge is 0.0518 e. The van der Waals surface area contributed by atoms with Crippen LogP contribution < -0.4 is 5.32 Å². The third kappa shape index (κ3) is 5.52. The van der Waals surface area contributed by atoms with E-state index in [9.17, 15) is 0 Å². The van der Waals surface area contributed by atoms with Crippen molar-refractivity contribution in [1.29, 1.82) is 0 Å². The molecule has 3 heteroatoms. The molecule has 1 aromatic rings. The molecule has 1 atom stereocenters. The van der Waals surface area contributed by atoms with Crippen LogP contribution in [0.1, 0.15) is 44.6 Å². The van der Waals surface area contributed by atoms with Gasteiger partial charge in [-0.25, -0.2) is 0 Å². The summed E-state index contributed by atoms with van der Waals surface area (Å²) in [4.78, 5) is 0. The van der Waals surface area contributed by atoms with E-state index in [0.717, 1.165) is 30.6 Å². The van der Waals surface area contributed by atoms with Crippen LogP contribution in [0.25, 0.3) is 0 Å². The van der Waals surface area contributed by atoms with Crippen molar-refractivity contribution in [2.45, 2.75) is 51.2 Å². The Morgan fingerprint density at radius 1 is 1.26 bits per heavy atom. The Balaban J connectivity index is 1.89. The number of hydrogen-bond donors (Lipinski definition) is 1. The van der Waals surface area contributed by atoms with Gasteiger partial charge in [-0.05, 0) is 56.7 Å². The van der Waals surface area contributed by atoms with Crippen molar-refractivity contribution in [1.82, 2.24) is 5.32 Å². The van der Waals surface area contributed by atoms with Crippen molar-refractivity contribution < 1.29 is 4.74 Å². The minimum atomic E-state index is 0.308. The highest BCUT2D eigenvalue weighted by atomic mass is 35.5. The topological polar surface area (TPSA) is 21.3 Å². The van der Waals surface area contributed by atoms with Crippen molar-refractivity contribution in [2.24, 2.45) is 0 Å². The zero-order valence-electron chi connectivity index (χ0n) is 11.9. The zero-order valence-corrected chi connectivity index (χ0v) is 12.6. The second kappa shape index (κ2) is 7.28. The van der Waals surface area contributed by atoms with Gasteiger partial charge in [0.05, 0.1) is 6.10 Å². The molecule has 0 bridgehead atoms. The Labute approximate surface area is 121 Å². The second-order valence-electron chi connectivity index (χ2n) is 5.64. The third-order valence-corrected chi connectivity index (χ3v) is 3.74. The standard InChI is InChI=1S/C16H24ClNO/c1-12(2)19-10-9-14(11-18-16-7-8-16)13-3-5-15(17)6-4-13/h3-6,12,14,16,18H,7-11H2,1-2H3. The van der Waals surface area contributed by atoms with Crippen molar-refractivity contribution in [3.05, 3.63) is 34.9 Å². The molecular weight excluding hydrogens is 258 g/mol. The summed E-state index contributed by atoms with van der Waals surface area (Å²) in [5.74, 6) is 0.511. The molecule has 0 amide bonds. The maximum Gasteiger partial charge on any atom is 0.0518 e. The van der Waals surface area contributed by atoms with Gasteiger partial charge in [-0.2, -0.15) is 0 Å². The highest BCUT2D eigenvalue weighted by Crippen LogP contribution is 2.24. The van der Waals surface area contributed by atoms with Gasteiger partial charge < -0.3 is 10.1 Å². The Kier molecular flexibility index (Phi) is 5.68. The third-order valence-electron chi connectivity index (χ3n) is 3.49. The number of nitrogens with one attached hydrogen (secondary N) is 1. The summed E-state index contributed by atoms with van der Waals surface area (Å²) in [5.41, 5.74) is 1.35. The van der Waals surface area contributed by atoms with E-state index in [1.807, 2.05) is 12.1 Å². The first-order valence-electron chi connectivity index (χ1n) is 7.25. The first-order chi connectivity index (χ1) is 9.15. The number of benzene rings is 1. The van der Waals surface area contributed by atoms with E-state index in [-0.39, 0.29) is 0 Å². The molecule has 1 saturated carbocycles. The average Bonchev–Trinajstić information content (AvgIpc) is 3.18. The van der Waals surface area contributed by atoms with Gasteiger partial charge in [0.2, 0.25) is 0 Å². The molecule has 1 fully saturated rings. The number of rotatable bonds is 8. The van der Waals surface area contributed by atoms with Crippen LogP contribution in [0.2, 0.25) is 5.02 Å². The molecule has 2 nitrogen and oxygen atoms in total.